The minimum absolute atomic E-state index is 0.0720. The van der Waals surface area contributed by atoms with Gasteiger partial charge in [-0.05, 0) is 44.9 Å². The second kappa shape index (κ2) is 33.1. The smallest absolute Gasteiger partial charge is 0.306 e. The lowest BCUT2D eigenvalue weighted by Gasteiger charge is -2.18. The van der Waals surface area contributed by atoms with Crippen LogP contribution in [0.15, 0.2) is 12.2 Å². The molecule has 43 heavy (non-hydrogen) atoms. The summed E-state index contributed by atoms with van der Waals surface area (Å²) >= 11 is 0. The van der Waals surface area contributed by atoms with Crippen LogP contribution < -0.4 is 0 Å². The highest BCUT2D eigenvalue weighted by atomic mass is 16.6. The summed E-state index contributed by atoms with van der Waals surface area (Å²) in [5, 5.41) is 0. The fourth-order valence-electron chi connectivity index (χ4n) is 4.96. The van der Waals surface area contributed by atoms with Gasteiger partial charge in [-0.25, -0.2) is 0 Å². The molecule has 0 heterocycles. The van der Waals surface area contributed by atoms with E-state index in [1.807, 2.05) is 0 Å². The van der Waals surface area contributed by atoms with Crippen molar-refractivity contribution in [1.82, 2.24) is 0 Å². The van der Waals surface area contributed by atoms with Crippen LogP contribution in [-0.4, -0.2) is 37.2 Å². The molecular formula is C37H68O6. The van der Waals surface area contributed by atoms with Crippen LogP contribution in [0, 0.1) is 0 Å². The molecule has 0 spiro atoms. The summed E-state index contributed by atoms with van der Waals surface area (Å²) in [6.45, 7) is 6.46. The number of unbranched alkanes of at least 4 members (excludes halogenated alkanes) is 19. The summed E-state index contributed by atoms with van der Waals surface area (Å²) in [4.78, 5) is 37.0. The van der Waals surface area contributed by atoms with Crippen LogP contribution in [0.3, 0.4) is 0 Å². The molecule has 252 valence electrons. The SMILES string of the molecule is CCCCCC/C=C\CCCCCCCC(=O)OCC(COC(=O)CCCCCCCC)OC(=O)CCCCCCCC. The Morgan fingerprint density at radius 1 is 0.442 bits per heavy atom. The monoisotopic (exact) mass is 609 g/mol. The largest absolute Gasteiger partial charge is 0.462 e. The van der Waals surface area contributed by atoms with Crippen molar-refractivity contribution in [3.05, 3.63) is 12.2 Å². The summed E-state index contributed by atoms with van der Waals surface area (Å²) in [5.74, 6) is -0.905. The summed E-state index contributed by atoms with van der Waals surface area (Å²) in [6, 6.07) is 0. The fraction of sp³-hybridized carbons (Fsp3) is 0.865. The fourth-order valence-corrected chi connectivity index (χ4v) is 4.96. The third kappa shape index (κ3) is 31.4. The lowest BCUT2D eigenvalue weighted by molar-refractivity contribution is -0.167. The minimum Gasteiger partial charge on any atom is -0.462 e. The molecule has 0 aromatic carbocycles. The molecule has 0 bridgehead atoms. The number of hydrogen-bond acceptors (Lipinski definition) is 6. The maximum absolute atomic E-state index is 12.4. The van der Waals surface area contributed by atoms with Crippen LogP contribution in [0.4, 0.5) is 0 Å². The van der Waals surface area contributed by atoms with Gasteiger partial charge in [-0.2, -0.15) is 0 Å². The van der Waals surface area contributed by atoms with E-state index in [1.54, 1.807) is 0 Å². The molecule has 0 rings (SSSR count). The molecule has 0 aromatic rings. The van der Waals surface area contributed by atoms with E-state index < -0.39 is 6.10 Å². The Morgan fingerprint density at radius 2 is 0.767 bits per heavy atom. The first-order valence-electron chi connectivity index (χ1n) is 18.2. The molecule has 0 saturated carbocycles. The van der Waals surface area contributed by atoms with Gasteiger partial charge in [0, 0.05) is 19.3 Å². The van der Waals surface area contributed by atoms with Crippen molar-refractivity contribution in [1.29, 1.82) is 0 Å². The number of carbonyl (C=O) groups excluding carboxylic acids is 3. The van der Waals surface area contributed by atoms with Gasteiger partial charge in [0.05, 0.1) is 0 Å². The molecule has 0 aliphatic heterocycles. The molecule has 0 saturated heterocycles. The number of esters is 3. The highest BCUT2D eigenvalue weighted by molar-refractivity contribution is 5.71. The van der Waals surface area contributed by atoms with Gasteiger partial charge < -0.3 is 14.2 Å². The first-order chi connectivity index (χ1) is 21.0. The summed E-state index contributed by atoms with van der Waals surface area (Å²) in [5.41, 5.74) is 0. The molecule has 0 fully saturated rings. The summed E-state index contributed by atoms with van der Waals surface area (Å²) < 4.78 is 16.4. The second-order valence-electron chi connectivity index (χ2n) is 12.1. The van der Waals surface area contributed by atoms with Crippen LogP contribution in [0.5, 0.6) is 0 Å². The highest BCUT2D eigenvalue weighted by Crippen LogP contribution is 2.12. The summed E-state index contributed by atoms with van der Waals surface area (Å²) in [7, 11) is 0. The predicted molar refractivity (Wildman–Crippen MR) is 178 cm³/mol. The number of hydrogen-bond donors (Lipinski definition) is 0. The van der Waals surface area contributed by atoms with Gasteiger partial charge in [-0.3, -0.25) is 14.4 Å². The lowest BCUT2D eigenvalue weighted by Crippen LogP contribution is -2.30. The van der Waals surface area contributed by atoms with Crippen LogP contribution in [0.25, 0.3) is 0 Å². The van der Waals surface area contributed by atoms with Crippen molar-refractivity contribution < 1.29 is 28.6 Å². The van der Waals surface area contributed by atoms with Crippen LogP contribution in [-0.2, 0) is 28.6 Å². The first-order valence-corrected chi connectivity index (χ1v) is 18.2. The predicted octanol–water partition coefficient (Wildman–Crippen LogP) is 10.7. The maximum atomic E-state index is 12.4. The van der Waals surface area contributed by atoms with Crippen molar-refractivity contribution in [2.45, 2.75) is 194 Å². The first kappa shape index (κ1) is 41.1. The van der Waals surface area contributed by atoms with E-state index in [-0.39, 0.29) is 31.1 Å². The van der Waals surface area contributed by atoms with E-state index in [0.717, 1.165) is 64.2 Å². The van der Waals surface area contributed by atoms with Crippen LogP contribution in [0.2, 0.25) is 0 Å². The lowest BCUT2D eigenvalue weighted by atomic mass is 10.1. The molecule has 0 N–H and O–H groups in total. The topological polar surface area (TPSA) is 78.9 Å². The molecule has 1 unspecified atom stereocenters. The maximum Gasteiger partial charge on any atom is 0.306 e. The molecule has 6 nitrogen and oxygen atoms in total. The van der Waals surface area contributed by atoms with Crippen LogP contribution in [0.1, 0.15) is 188 Å². The van der Waals surface area contributed by atoms with E-state index in [2.05, 4.69) is 32.9 Å². The van der Waals surface area contributed by atoms with Gasteiger partial charge in [0.25, 0.3) is 0 Å². The number of allylic oxidation sites excluding steroid dienone is 2. The van der Waals surface area contributed by atoms with Gasteiger partial charge in [-0.15, -0.1) is 0 Å². The zero-order valence-corrected chi connectivity index (χ0v) is 28.5. The molecule has 0 radical (unpaired) electrons. The highest BCUT2D eigenvalue weighted by Gasteiger charge is 2.19. The van der Waals surface area contributed by atoms with E-state index >= 15 is 0 Å². The number of rotatable bonds is 32. The van der Waals surface area contributed by atoms with Crippen molar-refractivity contribution >= 4 is 17.9 Å². The van der Waals surface area contributed by atoms with E-state index in [4.69, 9.17) is 14.2 Å². The Balaban J connectivity index is 4.26. The van der Waals surface area contributed by atoms with Crippen molar-refractivity contribution in [3.8, 4) is 0 Å². The quantitative estimate of drug-likeness (QED) is 0.0327. The van der Waals surface area contributed by atoms with Crippen LogP contribution >= 0.6 is 0 Å². The third-order valence-electron chi connectivity index (χ3n) is 7.77. The Labute approximate surface area is 265 Å². The van der Waals surface area contributed by atoms with E-state index in [1.165, 1.54) is 83.5 Å². The Kier molecular flexibility index (Phi) is 31.6. The van der Waals surface area contributed by atoms with E-state index in [0.29, 0.717) is 19.3 Å². The average molecular weight is 609 g/mol. The molecule has 0 amide bonds. The molecule has 0 aliphatic rings. The van der Waals surface area contributed by atoms with Crippen molar-refractivity contribution in [2.24, 2.45) is 0 Å². The zero-order valence-electron chi connectivity index (χ0n) is 28.5. The Hall–Kier alpha value is -1.85. The molecular weight excluding hydrogens is 540 g/mol. The molecule has 0 aromatic heterocycles. The normalized spacial score (nSPS) is 12.0. The minimum atomic E-state index is -0.759. The number of ether oxygens (including phenoxy) is 3. The molecule has 6 heteroatoms. The third-order valence-corrected chi connectivity index (χ3v) is 7.77. The van der Waals surface area contributed by atoms with E-state index in [9.17, 15) is 14.4 Å². The van der Waals surface area contributed by atoms with Crippen molar-refractivity contribution in [2.75, 3.05) is 13.2 Å². The standard InChI is InChI=1S/C37H68O6/c1-4-7-10-13-16-17-18-19-20-21-22-25-27-30-36(39)42-33-34(43-37(40)31-28-24-15-12-9-6-3)32-41-35(38)29-26-23-14-11-8-5-2/h17-18,34H,4-16,19-33H2,1-3H3/b18-17-. The summed E-state index contributed by atoms with van der Waals surface area (Å²) in [6.07, 6.45) is 30.9. The van der Waals surface area contributed by atoms with Gasteiger partial charge >= 0.3 is 17.9 Å². The van der Waals surface area contributed by atoms with Gasteiger partial charge in [0.1, 0.15) is 13.2 Å². The van der Waals surface area contributed by atoms with Gasteiger partial charge in [-0.1, -0.05) is 136 Å². The number of carbonyl (C=O) groups is 3. The molecule has 0 aliphatic carbocycles. The molecule has 1 atom stereocenters. The Bertz CT molecular complexity index is 674. The second-order valence-corrected chi connectivity index (χ2v) is 12.1. The zero-order chi connectivity index (χ0) is 31.6. The van der Waals surface area contributed by atoms with Gasteiger partial charge in [0.15, 0.2) is 6.10 Å². The van der Waals surface area contributed by atoms with Crippen molar-refractivity contribution in [3.63, 3.8) is 0 Å². The average Bonchev–Trinajstić information content (AvgIpc) is 3.00. The van der Waals surface area contributed by atoms with Gasteiger partial charge in [0.2, 0.25) is 0 Å². The Morgan fingerprint density at radius 3 is 1.19 bits per heavy atom.